The Hall–Kier alpha value is -1.67. The molecule has 0 aliphatic heterocycles. The number of hydrogen-bond acceptors (Lipinski definition) is 5. The molecule has 96 valence electrons. The van der Waals surface area contributed by atoms with Gasteiger partial charge in [-0.15, -0.1) is 15.7 Å². The zero-order valence-electron chi connectivity index (χ0n) is 9.73. The van der Waals surface area contributed by atoms with Gasteiger partial charge in [-0.05, 0) is 18.2 Å². The number of nitrogens with zero attached hydrogens (tertiary/aromatic N) is 3. The molecule has 0 spiro atoms. The Kier molecular flexibility index (Phi) is 3.22. The molecule has 1 heterocycles. The maximum Gasteiger partial charge on any atom is 0.311 e. The van der Waals surface area contributed by atoms with Crippen LogP contribution in [-0.4, -0.2) is 43.8 Å². The molecular formula is C10H11N3O3S2. The third-order valence-electron chi connectivity index (χ3n) is 1.99. The maximum absolute atomic E-state index is 11.9. The highest BCUT2D eigenvalue weighted by Gasteiger charge is 2.18. The van der Waals surface area contributed by atoms with Crippen molar-refractivity contribution in [1.82, 2.24) is 9.88 Å². The largest absolute Gasteiger partial charge is 0.508 e. The number of aromatic nitrogens is 1. The Morgan fingerprint density at radius 2 is 2.17 bits per heavy atom. The number of thiazole rings is 1. The van der Waals surface area contributed by atoms with Crippen LogP contribution in [0.3, 0.4) is 0 Å². The Morgan fingerprint density at radius 1 is 1.44 bits per heavy atom. The van der Waals surface area contributed by atoms with E-state index in [1.54, 1.807) is 20.2 Å². The molecule has 0 aliphatic carbocycles. The highest BCUT2D eigenvalue weighted by molar-refractivity contribution is 7.92. The molecule has 1 aromatic carbocycles. The summed E-state index contributed by atoms with van der Waals surface area (Å²) in [7, 11) is -0.424. The molecule has 0 bridgehead atoms. The fourth-order valence-electron chi connectivity index (χ4n) is 1.20. The number of aromatic hydroxyl groups is 1. The van der Waals surface area contributed by atoms with E-state index in [0.29, 0.717) is 10.2 Å². The van der Waals surface area contributed by atoms with Crippen molar-refractivity contribution in [1.29, 1.82) is 0 Å². The summed E-state index contributed by atoms with van der Waals surface area (Å²) in [6.45, 7) is 0. The standard InChI is InChI=1S/C10H11N3O3S2/c1-13(2)6-11-18(15,16)10-12-8-4-3-7(14)5-9(8)17-10/h3-6,14H,1-2H3/b11-6+. The Labute approximate surface area is 108 Å². The molecule has 6 nitrogen and oxygen atoms in total. The Bertz CT molecular complexity index is 704. The van der Waals surface area contributed by atoms with E-state index in [2.05, 4.69) is 9.38 Å². The molecule has 0 amide bonds. The summed E-state index contributed by atoms with van der Waals surface area (Å²) in [5.74, 6) is 0.0758. The summed E-state index contributed by atoms with van der Waals surface area (Å²) in [6.07, 6.45) is 1.21. The third-order valence-corrected chi connectivity index (χ3v) is 4.59. The predicted octanol–water partition coefficient (Wildman–Crippen LogP) is 1.28. The summed E-state index contributed by atoms with van der Waals surface area (Å²) < 4.78 is 27.7. The Morgan fingerprint density at radius 3 is 2.83 bits per heavy atom. The average molecular weight is 285 g/mol. The number of fused-ring (bicyclic) bond motifs is 1. The van der Waals surface area contributed by atoms with Gasteiger partial charge in [0.05, 0.1) is 10.2 Å². The van der Waals surface area contributed by atoms with E-state index < -0.39 is 10.0 Å². The topological polar surface area (TPSA) is 82.9 Å². The summed E-state index contributed by atoms with van der Waals surface area (Å²) in [4.78, 5) is 5.52. The van der Waals surface area contributed by atoms with Crippen LogP contribution >= 0.6 is 11.3 Å². The third kappa shape index (κ3) is 2.59. The molecule has 0 radical (unpaired) electrons. The van der Waals surface area contributed by atoms with E-state index in [-0.39, 0.29) is 10.1 Å². The molecule has 1 aromatic heterocycles. The van der Waals surface area contributed by atoms with Crippen LogP contribution in [0.25, 0.3) is 10.2 Å². The van der Waals surface area contributed by atoms with E-state index in [1.165, 1.54) is 23.4 Å². The van der Waals surface area contributed by atoms with E-state index >= 15 is 0 Å². The van der Waals surface area contributed by atoms with Crippen LogP contribution in [0, 0.1) is 0 Å². The summed E-state index contributed by atoms with van der Waals surface area (Å²) in [5, 5.41) is 9.31. The predicted molar refractivity (Wildman–Crippen MR) is 70.6 cm³/mol. The van der Waals surface area contributed by atoms with E-state index in [4.69, 9.17) is 0 Å². The second kappa shape index (κ2) is 4.54. The van der Waals surface area contributed by atoms with E-state index in [1.807, 2.05) is 0 Å². The highest BCUT2D eigenvalue weighted by Crippen LogP contribution is 2.28. The van der Waals surface area contributed by atoms with Gasteiger partial charge < -0.3 is 10.0 Å². The molecule has 0 saturated heterocycles. The lowest BCUT2D eigenvalue weighted by Gasteiger charge is -2.00. The van der Waals surface area contributed by atoms with Gasteiger partial charge in [0.2, 0.25) is 4.34 Å². The number of sulfonamides is 1. The molecule has 0 saturated carbocycles. The van der Waals surface area contributed by atoms with E-state index in [9.17, 15) is 13.5 Å². The molecule has 2 rings (SSSR count). The van der Waals surface area contributed by atoms with Gasteiger partial charge in [0.1, 0.15) is 12.1 Å². The SMILES string of the molecule is CN(C)/C=N/S(=O)(=O)c1nc2ccc(O)cc2s1. The van der Waals surface area contributed by atoms with Gasteiger partial charge in [-0.1, -0.05) is 0 Å². The highest BCUT2D eigenvalue weighted by atomic mass is 32.2. The first-order valence-electron chi connectivity index (χ1n) is 4.95. The molecule has 0 atom stereocenters. The first-order chi connectivity index (χ1) is 8.38. The monoisotopic (exact) mass is 285 g/mol. The zero-order valence-corrected chi connectivity index (χ0v) is 11.4. The first-order valence-corrected chi connectivity index (χ1v) is 7.20. The number of phenolic OH excluding ortho intramolecular Hbond substituents is 1. The van der Waals surface area contributed by atoms with Gasteiger partial charge in [0, 0.05) is 14.1 Å². The molecule has 2 aromatic rings. The van der Waals surface area contributed by atoms with Crippen molar-refractivity contribution in [2.75, 3.05) is 14.1 Å². The molecule has 0 unspecified atom stereocenters. The van der Waals surface area contributed by atoms with Crippen molar-refractivity contribution in [3.63, 3.8) is 0 Å². The van der Waals surface area contributed by atoms with Crippen LogP contribution in [-0.2, 0) is 10.0 Å². The fourth-order valence-corrected chi connectivity index (χ4v) is 3.37. The second-order valence-corrected chi connectivity index (χ2v) is 6.63. The number of hydrogen-bond donors (Lipinski definition) is 1. The fraction of sp³-hybridized carbons (Fsp3) is 0.200. The lowest BCUT2D eigenvalue weighted by molar-refractivity contribution is 0.476. The van der Waals surface area contributed by atoms with Crippen molar-refractivity contribution in [2.45, 2.75) is 4.34 Å². The summed E-state index contributed by atoms with van der Waals surface area (Å²) >= 11 is 0.979. The minimum Gasteiger partial charge on any atom is -0.508 e. The Balaban J connectivity index is 2.48. The maximum atomic E-state index is 11.9. The van der Waals surface area contributed by atoms with Crippen molar-refractivity contribution in [2.24, 2.45) is 4.40 Å². The van der Waals surface area contributed by atoms with Crippen molar-refractivity contribution < 1.29 is 13.5 Å². The van der Waals surface area contributed by atoms with Crippen LogP contribution in [0.1, 0.15) is 0 Å². The van der Waals surface area contributed by atoms with Gasteiger partial charge in [0.25, 0.3) is 0 Å². The van der Waals surface area contributed by atoms with Crippen molar-refractivity contribution in [3.05, 3.63) is 18.2 Å². The zero-order chi connectivity index (χ0) is 13.3. The number of rotatable bonds is 3. The van der Waals surface area contributed by atoms with Crippen LogP contribution in [0.5, 0.6) is 5.75 Å². The number of benzene rings is 1. The van der Waals surface area contributed by atoms with Crippen molar-refractivity contribution >= 4 is 37.9 Å². The lowest BCUT2D eigenvalue weighted by Crippen LogP contribution is -2.10. The van der Waals surface area contributed by atoms with Crippen LogP contribution < -0.4 is 0 Å². The molecule has 0 fully saturated rings. The van der Waals surface area contributed by atoms with E-state index in [0.717, 1.165) is 11.3 Å². The second-order valence-electron chi connectivity index (χ2n) is 3.79. The van der Waals surface area contributed by atoms with Gasteiger partial charge in [-0.2, -0.15) is 8.42 Å². The molecule has 0 aliphatic rings. The minimum absolute atomic E-state index is 0.0758. The lowest BCUT2D eigenvalue weighted by atomic mass is 10.3. The van der Waals surface area contributed by atoms with Crippen LogP contribution in [0.15, 0.2) is 26.9 Å². The molecule has 18 heavy (non-hydrogen) atoms. The summed E-state index contributed by atoms with van der Waals surface area (Å²) in [5.41, 5.74) is 0.524. The molecule has 1 N–H and O–H groups in total. The number of phenols is 1. The van der Waals surface area contributed by atoms with Crippen LogP contribution in [0.2, 0.25) is 0 Å². The first kappa shape index (κ1) is 12.8. The van der Waals surface area contributed by atoms with Gasteiger partial charge in [-0.25, -0.2) is 4.98 Å². The van der Waals surface area contributed by atoms with Gasteiger partial charge in [0.15, 0.2) is 0 Å². The quantitative estimate of drug-likeness (QED) is 0.678. The average Bonchev–Trinajstić information content (AvgIpc) is 2.70. The van der Waals surface area contributed by atoms with Crippen molar-refractivity contribution in [3.8, 4) is 5.75 Å². The molecule has 8 heteroatoms. The smallest absolute Gasteiger partial charge is 0.311 e. The van der Waals surface area contributed by atoms with Crippen LogP contribution in [0.4, 0.5) is 0 Å². The van der Waals surface area contributed by atoms with Gasteiger partial charge in [-0.3, -0.25) is 0 Å². The minimum atomic E-state index is -3.78. The summed E-state index contributed by atoms with van der Waals surface area (Å²) in [6, 6.07) is 4.50. The normalized spacial score (nSPS) is 12.3. The van der Waals surface area contributed by atoms with Gasteiger partial charge >= 0.3 is 10.0 Å². The molecular weight excluding hydrogens is 274 g/mol.